The molecule has 2 aromatic rings. The van der Waals surface area contributed by atoms with Gasteiger partial charge in [0.15, 0.2) is 0 Å². The molecule has 1 heteroatoms. The van der Waals surface area contributed by atoms with Gasteiger partial charge in [0.05, 0.1) is 0 Å². The first-order valence-electron chi connectivity index (χ1n) is 5.24. The van der Waals surface area contributed by atoms with E-state index >= 15 is 0 Å². The van der Waals surface area contributed by atoms with E-state index in [1.54, 1.807) is 0 Å². The van der Waals surface area contributed by atoms with Crippen molar-refractivity contribution in [3.05, 3.63) is 55.1 Å². The number of hydrogen-bond acceptors (Lipinski definition) is 1. The Morgan fingerprint density at radius 1 is 1.07 bits per heavy atom. The fourth-order valence-electron chi connectivity index (χ4n) is 1.69. The number of hydrogen-bond donors (Lipinski definition) is 1. The van der Waals surface area contributed by atoms with Crippen molar-refractivity contribution in [3.63, 3.8) is 0 Å². The maximum atomic E-state index is 3.71. The number of nitrogens with one attached hydrogen (secondary N) is 1. The highest BCUT2D eigenvalue weighted by Gasteiger charge is 1.97. The molecule has 2 rings (SSSR count). The van der Waals surface area contributed by atoms with Crippen LogP contribution in [0.15, 0.2) is 55.1 Å². The van der Waals surface area contributed by atoms with E-state index in [-0.39, 0.29) is 0 Å². The van der Waals surface area contributed by atoms with E-state index < -0.39 is 0 Å². The van der Waals surface area contributed by atoms with Crippen LogP contribution < -0.4 is 5.32 Å². The van der Waals surface area contributed by atoms with Crippen molar-refractivity contribution in [1.82, 2.24) is 0 Å². The average Bonchev–Trinajstić information content (AvgIpc) is 2.30. The van der Waals surface area contributed by atoms with Gasteiger partial charge in [-0.05, 0) is 17.9 Å². The average molecular weight is 197 g/mol. The fraction of sp³-hybridized carbons (Fsp3) is 0.143. The van der Waals surface area contributed by atoms with Gasteiger partial charge in [0.25, 0.3) is 0 Å². The molecular formula is C14H15N. The van der Waals surface area contributed by atoms with Crippen molar-refractivity contribution in [2.24, 2.45) is 0 Å². The number of anilines is 1. The van der Waals surface area contributed by atoms with Gasteiger partial charge in [0, 0.05) is 17.6 Å². The molecule has 15 heavy (non-hydrogen) atoms. The molecule has 0 aromatic heterocycles. The van der Waals surface area contributed by atoms with Crippen LogP contribution in [-0.2, 0) is 0 Å². The summed E-state index contributed by atoms with van der Waals surface area (Å²) >= 11 is 0. The van der Waals surface area contributed by atoms with E-state index in [0.29, 0.717) is 0 Å². The van der Waals surface area contributed by atoms with Gasteiger partial charge >= 0.3 is 0 Å². The van der Waals surface area contributed by atoms with Gasteiger partial charge in [-0.15, -0.1) is 6.58 Å². The Morgan fingerprint density at radius 3 is 2.73 bits per heavy atom. The van der Waals surface area contributed by atoms with Crippen molar-refractivity contribution >= 4 is 16.5 Å². The lowest BCUT2D eigenvalue weighted by molar-refractivity contribution is 1.07. The zero-order valence-corrected chi connectivity index (χ0v) is 8.74. The molecule has 0 aliphatic carbocycles. The minimum absolute atomic E-state index is 0.942. The summed E-state index contributed by atoms with van der Waals surface area (Å²) in [5.41, 5.74) is 1.20. The second-order valence-corrected chi connectivity index (χ2v) is 3.53. The third-order valence-electron chi connectivity index (χ3n) is 2.45. The molecular weight excluding hydrogens is 182 g/mol. The lowest BCUT2D eigenvalue weighted by Crippen LogP contribution is -2.00. The molecule has 0 fully saturated rings. The van der Waals surface area contributed by atoms with Gasteiger partial charge < -0.3 is 5.32 Å². The van der Waals surface area contributed by atoms with Gasteiger partial charge in [-0.1, -0.05) is 42.5 Å². The summed E-state index contributed by atoms with van der Waals surface area (Å²) in [6.07, 6.45) is 2.92. The molecule has 0 radical (unpaired) electrons. The standard InChI is InChI=1S/C14H15N/c1-2-3-11-15-14-10-6-8-12-7-4-5-9-13(12)14/h2,4-10,15H,1,3,11H2. The molecule has 0 spiro atoms. The van der Waals surface area contributed by atoms with Crippen LogP contribution in [0.3, 0.4) is 0 Å². The van der Waals surface area contributed by atoms with Crippen LogP contribution in [0.5, 0.6) is 0 Å². The van der Waals surface area contributed by atoms with Crippen LogP contribution in [-0.4, -0.2) is 6.54 Å². The molecule has 0 unspecified atom stereocenters. The molecule has 1 N–H and O–H groups in total. The minimum atomic E-state index is 0.942. The lowest BCUT2D eigenvalue weighted by atomic mass is 10.1. The first-order chi connectivity index (χ1) is 7.42. The van der Waals surface area contributed by atoms with Gasteiger partial charge in [-0.25, -0.2) is 0 Å². The molecule has 0 heterocycles. The molecule has 0 saturated carbocycles. The Morgan fingerprint density at radius 2 is 1.87 bits per heavy atom. The van der Waals surface area contributed by atoms with Crippen LogP contribution >= 0.6 is 0 Å². The Labute approximate surface area is 90.4 Å². The van der Waals surface area contributed by atoms with Crippen molar-refractivity contribution < 1.29 is 0 Å². The van der Waals surface area contributed by atoms with Crippen molar-refractivity contribution in [2.75, 3.05) is 11.9 Å². The van der Waals surface area contributed by atoms with E-state index in [1.165, 1.54) is 16.5 Å². The first kappa shape index (κ1) is 9.78. The lowest BCUT2D eigenvalue weighted by Gasteiger charge is -2.08. The van der Waals surface area contributed by atoms with Gasteiger partial charge in [-0.2, -0.15) is 0 Å². The van der Waals surface area contributed by atoms with E-state index in [4.69, 9.17) is 0 Å². The Hall–Kier alpha value is -1.76. The molecule has 2 aromatic carbocycles. The van der Waals surface area contributed by atoms with Crippen LogP contribution in [0.25, 0.3) is 10.8 Å². The van der Waals surface area contributed by atoms with E-state index in [9.17, 15) is 0 Å². The summed E-state index contributed by atoms with van der Waals surface area (Å²) in [6, 6.07) is 14.7. The van der Waals surface area contributed by atoms with Gasteiger partial charge in [-0.3, -0.25) is 0 Å². The highest BCUT2D eigenvalue weighted by Crippen LogP contribution is 2.22. The number of fused-ring (bicyclic) bond motifs is 1. The predicted molar refractivity (Wildman–Crippen MR) is 67.3 cm³/mol. The smallest absolute Gasteiger partial charge is 0.0419 e. The van der Waals surface area contributed by atoms with Crippen LogP contribution in [0.4, 0.5) is 5.69 Å². The van der Waals surface area contributed by atoms with Gasteiger partial charge in [0.2, 0.25) is 0 Å². The zero-order chi connectivity index (χ0) is 10.5. The van der Waals surface area contributed by atoms with E-state index in [2.05, 4.69) is 54.4 Å². The highest BCUT2D eigenvalue weighted by molar-refractivity contribution is 5.93. The fourth-order valence-corrected chi connectivity index (χ4v) is 1.69. The van der Waals surface area contributed by atoms with Crippen molar-refractivity contribution in [3.8, 4) is 0 Å². The Balaban J connectivity index is 2.30. The monoisotopic (exact) mass is 197 g/mol. The minimum Gasteiger partial charge on any atom is -0.384 e. The molecule has 0 atom stereocenters. The summed E-state index contributed by atoms with van der Waals surface area (Å²) in [5, 5.41) is 5.98. The van der Waals surface area contributed by atoms with Crippen LogP contribution in [0, 0.1) is 0 Å². The largest absolute Gasteiger partial charge is 0.384 e. The topological polar surface area (TPSA) is 12.0 Å². The Kier molecular flexibility index (Phi) is 3.03. The summed E-state index contributed by atoms with van der Waals surface area (Å²) in [5.74, 6) is 0. The van der Waals surface area contributed by atoms with E-state index in [0.717, 1.165) is 13.0 Å². The number of benzene rings is 2. The first-order valence-corrected chi connectivity index (χ1v) is 5.24. The van der Waals surface area contributed by atoms with Crippen LogP contribution in [0.2, 0.25) is 0 Å². The summed E-state index contributed by atoms with van der Waals surface area (Å²) in [4.78, 5) is 0. The molecule has 0 aliphatic rings. The predicted octanol–water partition coefficient (Wildman–Crippen LogP) is 3.83. The van der Waals surface area contributed by atoms with Gasteiger partial charge in [0.1, 0.15) is 0 Å². The summed E-state index contributed by atoms with van der Waals surface area (Å²) < 4.78 is 0. The molecule has 0 saturated heterocycles. The molecule has 0 bridgehead atoms. The SMILES string of the molecule is C=CCCNc1cccc2ccccc12. The molecule has 1 nitrogen and oxygen atoms in total. The summed E-state index contributed by atoms with van der Waals surface area (Å²) in [7, 11) is 0. The maximum Gasteiger partial charge on any atom is 0.0419 e. The van der Waals surface area contributed by atoms with Crippen LogP contribution in [0.1, 0.15) is 6.42 Å². The molecule has 0 aliphatic heterocycles. The third-order valence-corrected chi connectivity index (χ3v) is 2.45. The Bertz CT molecular complexity index is 454. The zero-order valence-electron chi connectivity index (χ0n) is 8.74. The highest BCUT2D eigenvalue weighted by atomic mass is 14.9. The second-order valence-electron chi connectivity index (χ2n) is 3.53. The quantitative estimate of drug-likeness (QED) is 0.580. The molecule has 0 amide bonds. The maximum absolute atomic E-state index is 3.71. The molecule has 76 valence electrons. The number of rotatable bonds is 4. The summed E-state index contributed by atoms with van der Waals surface area (Å²) in [6.45, 7) is 4.66. The van der Waals surface area contributed by atoms with Crippen molar-refractivity contribution in [1.29, 1.82) is 0 Å². The second kappa shape index (κ2) is 4.65. The third kappa shape index (κ3) is 2.18. The normalized spacial score (nSPS) is 10.1. The van der Waals surface area contributed by atoms with Crippen molar-refractivity contribution in [2.45, 2.75) is 6.42 Å². The van der Waals surface area contributed by atoms with E-state index in [1.807, 2.05) is 6.08 Å².